The third kappa shape index (κ3) is 3.04. The SMILES string of the molecule is CNCCCC(=O)Nc1ccc2ncoc2c1. The number of benzene rings is 1. The number of nitrogens with one attached hydrogen (secondary N) is 2. The van der Waals surface area contributed by atoms with Gasteiger partial charge in [0, 0.05) is 18.2 Å². The Morgan fingerprint density at radius 2 is 2.35 bits per heavy atom. The van der Waals surface area contributed by atoms with E-state index in [4.69, 9.17) is 4.42 Å². The summed E-state index contributed by atoms with van der Waals surface area (Å²) in [6, 6.07) is 5.42. The van der Waals surface area contributed by atoms with Gasteiger partial charge < -0.3 is 15.1 Å². The zero-order valence-corrected chi connectivity index (χ0v) is 9.69. The molecule has 1 aromatic carbocycles. The van der Waals surface area contributed by atoms with Crippen molar-refractivity contribution >= 4 is 22.7 Å². The number of hydrogen-bond acceptors (Lipinski definition) is 4. The highest BCUT2D eigenvalue weighted by atomic mass is 16.3. The second-order valence-corrected chi connectivity index (χ2v) is 3.79. The number of carbonyl (C=O) groups excluding carboxylic acids is 1. The maximum absolute atomic E-state index is 11.6. The highest BCUT2D eigenvalue weighted by molar-refractivity contribution is 5.92. The highest BCUT2D eigenvalue weighted by Crippen LogP contribution is 2.17. The lowest BCUT2D eigenvalue weighted by Crippen LogP contribution is -2.15. The molecule has 0 saturated heterocycles. The lowest BCUT2D eigenvalue weighted by atomic mass is 10.2. The molecule has 1 amide bonds. The monoisotopic (exact) mass is 233 g/mol. The summed E-state index contributed by atoms with van der Waals surface area (Å²) in [5.74, 6) is 0.0131. The van der Waals surface area contributed by atoms with Gasteiger partial charge in [-0.05, 0) is 32.1 Å². The minimum absolute atomic E-state index is 0.0131. The second kappa shape index (κ2) is 5.45. The van der Waals surface area contributed by atoms with Gasteiger partial charge in [-0.1, -0.05) is 0 Å². The molecule has 0 spiro atoms. The van der Waals surface area contributed by atoms with Crippen LogP contribution in [0, 0.1) is 0 Å². The summed E-state index contributed by atoms with van der Waals surface area (Å²) in [5.41, 5.74) is 2.21. The Labute approximate surface area is 99.2 Å². The number of nitrogens with zero attached hydrogens (tertiary/aromatic N) is 1. The average molecular weight is 233 g/mol. The van der Waals surface area contributed by atoms with Gasteiger partial charge in [-0.3, -0.25) is 4.79 Å². The van der Waals surface area contributed by atoms with Crippen LogP contribution < -0.4 is 10.6 Å². The van der Waals surface area contributed by atoms with Crippen molar-refractivity contribution in [3.05, 3.63) is 24.6 Å². The first kappa shape index (κ1) is 11.6. The maximum Gasteiger partial charge on any atom is 0.224 e. The first-order valence-electron chi connectivity index (χ1n) is 5.57. The van der Waals surface area contributed by atoms with Crippen molar-refractivity contribution < 1.29 is 9.21 Å². The number of amides is 1. The molecule has 5 heteroatoms. The summed E-state index contributed by atoms with van der Waals surface area (Å²) >= 11 is 0. The van der Waals surface area contributed by atoms with E-state index in [1.807, 2.05) is 19.2 Å². The van der Waals surface area contributed by atoms with Crippen LogP contribution in [0.1, 0.15) is 12.8 Å². The number of hydrogen-bond donors (Lipinski definition) is 2. The van der Waals surface area contributed by atoms with Crippen molar-refractivity contribution in [2.24, 2.45) is 0 Å². The number of aromatic nitrogens is 1. The molecule has 1 aromatic heterocycles. The molecule has 0 fully saturated rings. The highest BCUT2D eigenvalue weighted by Gasteiger charge is 2.04. The minimum atomic E-state index is 0.0131. The van der Waals surface area contributed by atoms with Crippen LogP contribution in [0.2, 0.25) is 0 Å². The predicted octanol–water partition coefficient (Wildman–Crippen LogP) is 1.77. The van der Waals surface area contributed by atoms with Crippen LogP contribution in [-0.4, -0.2) is 24.5 Å². The zero-order chi connectivity index (χ0) is 12.1. The van der Waals surface area contributed by atoms with Crippen molar-refractivity contribution in [2.45, 2.75) is 12.8 Å². The van der Waals surface area contributed by atoms with Gasteiger partial charge in [-0.25, -0.2) is 4.98 Å². The first-order chi connectivity index (χ1) is 8.29. The molecule has 0 bridgehead atoms. The average Bonchev–Trinajstić information content (AvgIpc) is 2.76. The van der Waals surface area contributed by atoms with Crippen LogP contribution in [0.5, 0.6) is 0 Å². The molecule has 1 heterocycles. The third-order valence-corrected chi connectivity index (χ3v) is 2.45. The molecule has 0 aliphatic rings. The molecule has 90 valence electrons. The lowest BCUT2D eigenvalue weighted by molar-refractivity contribution is -0.116. The molecule has 5 nitrogen and oxygen atoms in total. The molecule has 0 saturated carbocycles. The summed E-state index contributed by atoms with van der Waals surface area (Å²) in [4.78, 5) is 15.6. The molecular weight excluding hydrogens is 218 g/mol. The van der Waals surface area contributed by atoms with E-state index in [1.54, 1.807) is 6.07 Å². The zero-order valence-electron chi connectivity index (χ0n) is 9.69. The van der Waals surface area contributed by atoms with Gasteiger partial charge in [-0.15, -0.1) is 0 Å². The van der Waals surface area contributed by atoms with E-state index in [0.717, 1.165) is 24.2 Å². The van der Waals surface area contributed by atoms with E-state index in [0.29, 0.717) is 12.0 Å². The first-order valence-corrected chi connectivity index (χ1v) is 5.57. The van der Waals surface area contributed by atoms with E-state index >= 15 is 0 Å². The largest absolute Gasteiger partial charge is 0.443 e. The maximum atomic E-state index is 11.6. The van der Waals surface area contributed by atoms with Crippen LogP contribution >= 0.6 is 0 Å². The van der Waals surface area contributed by atoms with Gasteiger partial charge in [0.15, 0.2) is 12.0 Å². The Balaban J connectivity index is 1.95. The molecule has 17 heavy (non-hydrogen) atoms. The smallest absolute Gasteiger partial charge is 0.224 e. The molecule has 0 unspecified atom stereocenters. The number of oxazole rings is 1. The van der Waals surface area contributed by atoms with Gasteiger partial charge in [-0.2, -0.15) is 0 Å². The van der Waals surface area contributed by atoms with Crippen LogP contribution in [0.15, 0.2) is 29.0 Å². The van der Waals surface area contributed by atoms with Crippen molar-refractivity contribution in [1.29, 1.82) is 0 Å². The van der Waals surface area contributed by atoms with Crippen molar-refractivity contribution in [2.75, 3.05) is 18.9 Å². The summed E-state index contributed by atoms with van der Waals surface area (Å²) < 4.78 is 5.17. The molecule has 0 atom stereocenters. The van der Waals surface area contributed by atoms with Crippen molar-refractivity contribution in [1.82, 2.24) is 10.3 Å². The Kier molecular flexibility index (Phi) is 3.72. The standard InChI is InChI=1S/C12H15N3O2/c1-13-6-2-3-12(16)15-9-4-5-10-11(7-9)17-8-14-10/h4-5,7-8,13H,2-3,6H2,1H3,(H,15,16). The Hall–Kier alpha value is -1.88. The molecular formula is C12H15N3O2. The number of carbonyl (C=O) groups is 1. The molecule has 2 aromatic rings. The fourth-order valence-corrected chi connectivity index (χ4v) is 1.58. The Morgan fingerprint density at radius 1 is 1.47 bits per heavy atom. The van der Waals surface area contributed by atoms with E-state index in [9.17, 15) is 4.79 Å². The van der Waals surface area contributed by atoms with Crippen LogP contribution in [0.25, 0.3) is 11.1 Å². The number of anilines is 1. The molecule has 0 aliphatic heterocycles. The van der Waals surface area contributed by atoms with Crippen molar-refractivity contribution in [3.63, 3.8) is 0 Å². The van der Waals surface area contributed by atoms with E-state index in [2.05, 4.69) is 15.6 Å². The quantitative estimate of drug-likeness (QED) is 0.772. The molecule has 2 N–H and O–H groups in total. The van der Waals surface area contributed by atoms with Crippen LogP contribution in [-0.2, 0) is 4.79 Å². The fraction of sp³-hybridized carbons (Fsp3) is 0.333. The van der Waals surface area contributed by atoms with Gasteiger partial charge in [0.25, 0.3) is 0 Å². The molecule has 2 rings (SSSR count). The van der Waals surface area contributed by atoms with Gasteiger partial charge >= 0.3 is 0 Å². The topological polar surface area (TPSA) is 67.2 Å². The van der Waals surface area contributed by atoms with Gasteiger partial charge in [0.1, 0.15) is 5.52 Å². The normalized spacial score (nSPS) is 10.6. The van der Waals surface area contributed by atoms with Crippen LogP contribution in [0.3, 0.4) is 0 Å². The molecule has 0 radical (unpaired) electrons. The van der Waals surface area contributed by atoms with E-state index in [1.165, 1.54) is 6.39 Å². The number of rotatable bonds is 5. The number of fused-ring (bicyclic) bond motifs is 1. The summed E-state index contributed by atoms with van der Waals surface area (Å²) in [6.45, 7) is 0.842. The predicted molar refractivity (Wildman–Crippen MR) is 65.8 cm³/mol. The van der Waals surface area contributed by atoms with Crippen molar-refractivity contribution in [3.8, 4) is 0 Å². The molecule has 0 aliphatic carbocycles. The van der Waals surface area contributed by atoms with Gasteiger partial charge in [0.2, 0.25) is 5.91 Å². The third-order valence-electron chi connectivity index (χ3n) is 2.45. The van der Waals surface area contributed by atoms with E-state index < -0.39 is 0 Å². The Morgan fingerprint density at radius 3 is 3.18 bits per heavy atom. The summed E-state index contributed by atoms with van der Waals surface area (Å²) in [5, 5.41) is 5.83. The van der Waals surface area contributed by atoms with E-state index in [-0.39, 0.29) is 5.91 Å². The fourth-order valence-electron chi connectivity index (χ4n) is 1.58. The summed E-state index contributed by atoms with van der Waals surface area (Å²) in [7, 11) is 1.87. The summed E-state index contributed by atoms with van der Waals surface area (Å²) in [6.07, 6.45) is 2.73. The lowest BCUT2D eigenvalue weighted by Gasteiger charge is -2.04. The second-order valence-electron chi connectivity index (χ2n) is 3.79. The minimum Gasteiger partial charge on any atom is -0.443 e. The van der Waals surface area contributed by atoms with Gasteiger partial charge in [0.05, 0.1) is 0 Å². The Bertz CT molecular complexity index is 507. The van der Waals surface area contributed by atoms with Crippen LogP contribution in [0.4, 0.5) is 5.69 Å².